The first-order valence-electron chi connectivity index (χ1n) is 6.07. The second kappa shape index (κ2) is 5.76. The van der Waals surface area contributed by atoms with Crippen LogP contribution in [0, 0.1) is 5.82 Å². The topological polar surface area (TPSA) is 0 Å². The van der Waals surface area contributed by atoms with Crippen molar-refractivity contribution in [3.8, 4) is 0 Å². The molecule has 0 amide bonds. The van der Waals surface area contributed by atoms with Crippen LogP contribution in [-0.2, 0) is 5.41 Å². The zero-order valence-electron chi connectivity index (χ0n) is 10.8. The summed E-state index contributed by atoms with van der Waals surface area (Å²) in [6.07, 6.45) is 0. The number of rotatable bonds is 3. The van der Waals surface area contributed by atoms with Gasteiger partial charge in [0, 0.05) is 10.2 Å². The molecule has 2 aromatic rings. The fourth-order valence-corrected chi connectivity index (χ4v) is 3.05. The van der Waals surface area contributed by atoms with Crippen LogP contribution in [0.2, 0.25) is 0 Å². The maximum atomic E-state index is 13.3. The molecule has 0 aliphatic rings. The predicted octanol–water partition coefficient (Wildman–Crippen LogP) is 6.00. The Labute approximate surface area is 130 Å². The van der Waals surface area contributed by atoms with Crippen LogP contribution in [0.1, 0.15) is 29.8 Å². The summed E-state index contributed by atoms with van der Waals surface area (Å²) in [6.45, 7) is 4.36. The molecule has 0 radical (unpaired) electrons. The Morgan fingerprint density at radius 1 is 1.05 bits per heavy atom. The van der Waals surface area contributed by atoms with E-state index in [0.717, 1.165) is 5.56 Å². The molecule has 0 saturated carbocycles. The summed E-state index contributed by atoms with van der Waals surface area (Å²) >= 11 is 7.00. The third kappa shape index (κ3) is 3.09. The standard InChI is InChI=1S/C16H15Br2F/c1-16(2,12-6-4-3-5-7-12)15(18)11-8-9-14(19)13(17)10-11/h3-10,15H,1-2H3. The lowest BCUT2D eigenvalue weighted by Crippen LogP contribution is -2.23. The Bertz CT molecular complexity index is 564. The van der Waals surface area contributed by atoms with E-state index >= 15 is 0 Å². The van der Waals surface area contributed by atoms with Gasteiger partial charge in [0.25, 0.3) is 0 Å². The van der Waals surface area contributed by atoms with E-state index in [1.807, 2.05) is 30.3 Å². The highest BCUT2D eigenvalue weighted by molar-refractivity contribution is 9.10. The highest BCUT2D eigenvalue weighted by atomic mass is 79.9. The molecule has 0 aliphatic heterocycles. The van der Waals surface area contributed by atoms with Crippen LogP contribution in [0.15, 0.2) is 53.0 Å². The monoisotopic (exact) mass is 384 g/mol. The fraction of sp³-hybridized carbons (Fsp3) is 0.250. The van der Waals surface area contributed by atoms with Crippen molar-refractivity contribution in [2.45, 2.75) is 24.1 Å². The van der Waals surface area contributed by atoms with Gasteiger partial charge in [-0.1, -0.05) is 66.2 Å². The third-order valence-corrected chi connectivity index (χ3v) is 5.67. The molecule has 1 unspecified atom stereocenters. The van der Waals surface area contributed by atoms with Gasteiger partial charge in [0.1, 0.15) is 5.82 Å². The second-order valence-electron chi connectivity index (χ2n) is 5.12. The second-order valence-corrected chi connectivity index (χ2v) is 6.89. The van der Waals surface area contributed by atoms with Gasteiger partial charge in [-0.3, -0.25) is 0 Å². The van der Waals surface area contributed by atoms with Crippen molar-refractivity contribution < 1.29 is 4.39 Å². The lowest BCUT2D eigenvalue weighted by atomic mass is 9.79. The minimum absolute atomic E-state index is 0.0848. The summed E-state index contributed by atoms with van der Waals surface area (Å²) < 4.78 is 13.8. The summed E-state index contributed by atoms with van der Waals surface area (Å²) in [4.78, 5) is 0.110. The Kier molecular flexibility index (Phi) is 4.46. The maximum absolute atomic E-state index is 13.3. The molecule has 0 spiro atoms. The molecule has 100 valence electrons. The van der Waals surface area contributed by atoms with E-state index in [0.29, 0.717) is 4.47 Å². The van der Waals surface area contributed by atoms with E-state index in [1.54, 1.807) is 0 Å². The van der Waals surface area contributed by atoms with Gasteiger partial charge in [-0.05, 0) is 39.2 Å². The highest BCUT2D eigenvalue weighted by Gasteiger charge is 2.30. The molecule has 2 aromatic carbocycles. The molecule has 19 heavy (non-hydrogen) atoms. The smallest absolute Gasteiger partial charge is 0.137 e. The van der Waals surface area contributed by atoms with Crippen LogP contribution < -0.4 is 0 Å². The van der Waals surface area contributed by atoms with E-state index in [1.165, 1.54) is 11.6 Å². The molecule has 0 bridgehead atoms. The summed E-state index contributed by atoms with van der Waals surface area (Å²) in [5.41, 5.74) is 2.22. The maximum Gasteiger partial charge on any atom is 0.137 e. The van der Waals surface area contributed by atoms with Crippen LogP contribution in [-0.4, -0.2) is 0 Å². The van der Waals surface area contributed by atoms with Crippen LogP contribution >= 0.6 is 31.9 Å². The molecule has 2 rings (SSSR count). The van der Waals surface area contributed by atoms with Crippen LogP contribution in [0.3, 0.4) is 0 Å². The van der Waals surface area contributed by atoms with E-state index in [4.69, 9.17) is 0 Å². The number of halogens is 3. The van der Waals surface area contributed by atoms with Crippen LogP contribution in [0.25, 0.3) is 0 Å². The molecule has 0 N–H and O–H groups in total. The molecule has 0 heterocycles. The largest absolute Gasteiger partial charge is 0.206 e. The van der Waals surface area contributed by atoms with E-state index in [-0.39, 0.29) is 16.1 Å². The molecule has 3 heteroatoms. The number of alkyl halides is 1. The van der Waals surface area contributed by atoms with Crippen LogP contribution in [0.4, 0.5) is 4.39 Å². The van der Waals surface area contributed by atoms with Gasteiger partial charge in [-0.15, -0.1) is 0 Å². The quantitative estimate of drug-likeness (QED) is 0.568. The Morgan fingerprint density at radius 2 is 1.68 bits per heavy atom. The minimum Gasteiger partial charge on any atom is -0.206 e. The molecule has 0 fully saturated rings. The zero-order chi connectivity index (χ0) is 14.0. The third-order valence-electron chi connectivity index (χ3n) is 3.39. The van der Waals surface area contributed by atoms with Gasteiger partial charge < -0.3 is 0 Å². The van der Waals surface area contributed by atoms with Gasteiger partial charge in [0.05, 0.1) is 4.47 Å². The van der Waals surface area contributed by atoms with Gasteiger partial charge >= 0.3 is 0 Å². The summed E-state index contributed by atoms with van der Waals surface area (Å²) in [7, 11) is 0. The molecule has 0 saturated heterocycles. The molecule has 0 aliphatic carbocycles. The normalized spacial score (nSPS) is 13.3. The Hall–Kier alpha value is -0.670. The first kappa shape index (κ1) is 14.7. The average molecular weight is 386 g/mol. The summed E-state index contributed by atoms with van der Waals surface area (Å²) in [5, 5.41) is 0. The Morgan fingerprint density at radius 3 is 2.26 bits per heavy atom. The number of benzene rings is 2. The van der Waals surface area contributed by atoms with E-state index < -0.39 is 0 Å². The summed E-state index contributed by atoms with van der Waals surface area (Å²) in [5.74, 6) is -0.235. The molecular weight excluding hydrogens is 371 g/mol. The van der Waals surface area contributed by atoms with Crippen molar-refractivity contribution in [1.82, 2.24) is 0 Å². The first-order chi connectivity index (χ1) is 8.93. The minimum atomic E-state index is -0.235. The van der Waals surface area contributed by atoms with Crippen molar-refractivity contribution in [2.24, 2.45) is 0 Å². The van der Waals surface area contributed by atoms with Crippen LogP contribution in [0.5, 0.6) is 0 Å². The molecule has 0 aromatic heterocycles. The van der Waals surface area contributed by atoms with Crippen molar-refractivity contribution in [2.75, 3.05) is 0 Å². The SMILES string of the molecule is CC(C)(c1ccccc1)C(Br)c1ccc(F)c(Br)c1. The van der Waals surface area contributed by atoms with Crippen molar-refractivity contribution in [1.29, 1.82) is 0 Å². The number of hydrogen-bond donors (Lipinski definition) is 0. The highest BCUT2D eigenvalue weighted by Crippen LogP contribution is 2.43. The molecule has 0 nitrogen and oxygen atoms in total. The van der Waals surface area contributed by atoms with Crippen molar-refractivity contribution in [3.05, 3.63) is 69.9 Å². The Balaban J connectivity index is 2.37. The van der Waals surface area contributed by atoms with Gasteiger partial charge in [0.2, 0.25) is 0 Å². The fourth-order valence-electron chi connectivity index (χ4n) is 2.10. The van der Waals surface area contributed by atoms with E-state index in [9.17, 15) is 4.39 Å². The molecular formula is C16H15Br2F. The summed E-state index contributed by atoms with van der Waals surface area (Å²) in [6, 6.07) is 15.5. The van der Waals surface area contributed by atoms with E-state index in [2.05, 4.69) is 57.8 Å². The van der Waals surface area contributed by atoms with Gasteiger partial charge in [-0.25, -0.2) is 4.39 Å². The lowest BCUT2D eigenvalue weighted by molar-refractivity contribution is 0.516. The number of hydrogen-bond acceptors (Lipinski definition) is 0. The average Bonchev–Trinajstić information content (AvgIpc) is 2.42. The van der Waals surface area contributed by atoms with Crippen molar-refractivity contribution >= 4 is 31.9 Å². The van der Waals surface area contributed by atoms with Crippen molar-refractivity contribution in [3.63, 3.8) is 0 Å². The first-order valence-corrected chi connectivity index (χ1v) is 7.78. The lowest BCUT2D eigenvalue weighted by Gasteiger charge is -2.31. The molecule has 1 atom stereocenters. The van der Waals surface area contributed by atoms with Gasteiger partial charge in [0.15, 0.2) is 0 Å². The predicted molar refractivity (Wildman–Crippen MR) is 85.2 cm³/mol. The zero-order valence-corrected chi connectivity index (χ0v) is 14.0. The van der Waals surface area contributed by atoms with Gasteiger partial charge in [-0.2, -0.15) is 0 Å².